The van der Waals surface area contributed by atoms with Crippen molar-refractivity contribution in [3.63, 3.8) is 0 Å². The molecule has 1 aromatic heterocycles. The first-order chi connectivity index (χ1) is 9.44. The van der Waals surface area contributed by atoms with E-state index in [4.69, 9.17) is 11.6 Å². The fourth-order valence-corrected chi connectivity index (χ4v) is 3.08. The van der Waals surface area contributed by atoms with Gasteiger partial charge in [-0.05, 0) is 44.5 Å². The molecule has 0 spiro atoms. The zero-order chi connectivity index (χ0) is 15.3. The Morgan fingerprint density at radius 1 is 1.15 bits per heavy atom. The van der Waals surface area contributed by atoms with Crippen LogP contribution >= 0.6 is 22.9 Å². The van der Waals surface area contributed by atoms with Crippen LogP contribution in [0.5, 0.6) is 0 Å². The SMILES string of the molecule is CC.Cc1ccc(-c2ccc(C(C)(C)N=O)c(Cl)c2)s1. The van der Waals surface area contributed by atoms with E-state index >= 15 is 0 Å². The van der Waals surface area contributed by atoms with Crippen molar-refractivity contribution in [3.05, 3.63) is 50.7 Å². The summed E-state index contributed by atoms with van der Waals surface area (Å²) in [6.07, 6.45) is 0. The second-order valence-corrected chi connectivity index (χ2v) is 6.45. The molecule has 0 aliphatic heterocycles. The monoisotopic (exact) mass is 309 g/mol. The van der Waals surface area contributed by atoms with Crippen molar-refractivity contribution < 1.29 is 0 Å². The van der Waals surface area contributed by atoms with E-state index in [9.17, 15) is 4.91 Å². The van der Waals surface area contributed by atoms with Gasteiger partial charge in [0.05, 0.1) is 0 Å². The summed E-state index contributed by atoms with van der Waals surface area (Å²) in [4.78, 5) is 13.3. The first-order valence-corrected chi connectivity index (χ1v) is 7.85. The number of aryl methyl sites for hydroxylation is 1. The first kappa shape index (κ1) is 16.9. The molecule has 4 heteroatoms. The molecule has 0 fully saturated rings. The van der Waals surface area contributed by atoms with Gasteiger partial charge in [0.15, 0.2) is 0 Å². The van der Waals surface area contributed by atoms with Crippen LogP contribution in [0.1, 0.15) is 38.1 Å². The van der Waals surface area contributed by atoms with E-state index in [0.717, 1.165) is 11.1 Å². The van der Waals surface area contributed by atoms with Gasteiger partial charge >= 0.3 is 0 Å². The van der Waals surface area contributed by atoms with Crippen LogP contribution in [0.2, 0.25) is 5.02 Å². The van der Waals surface area contributed by atoms with Crippen molar-refractivity contribution in [1.29, 1.82) is 0 Å². The fraction of sp³-hybridized carbons (Fsp3) is 0.375. The molecule has 1 aromatic carbocycles. The molecule has 0 N–H and O–H groups in total. The van der Waals surface area contributed by atoms with E-state index in [1.807, 2.05) is 32.0 Å². The number of hydrogen-bond acceptors (Lipinski definition) is 3. The summed E-state index contributed by atoms with van der Waals surface area (Å²) >= 11 is 7.98. The Bertz CT molecular complexity index is 590. The van der Waals surface area contributed by atoms with Gasteiger partial charge < -0.3 is 0 Å². The Morgan fingerprint density at radius 2 is 1.80 bits per heavy atom. The van der Waals surface area contributed by atoms with E-state index in [-0.39, 0.29) is 0 Å². The van der Waals surface area contributed by atoms with E-state index in [0.29, 0.717) is 5.02 Å². The molecule has 2 nitrogen and oxygen atoms in total. The molecule has 0 radical (unpaired) electrons. The number of nitroso groups, excluding NO2 is 1. The van der Waals surface area contributed by atoms with Crippen molar-refractivity contribution in [3.8, 4) is 10.4 Å². The zero-order valence-corrected chi connectivity index (χ0v) is 14.1. The molecule has 2 rings (SSSR count). The molecular weight excluding hydrogens is 290 g/mol. The minimum atomic E-state index is -0.791. The van der Waals surface area contributed by atoms with Gasteiger partial charge in [-0.2, -0.15) is 0 Å². The van der Waals surface area contributed by atoms with Crippen LogP contribution in [0.15, 0.2) is 35.5 Å². The highest BCUT2D eigenvalue weighted by Crippen LogP contribution is 2.35. The maximum absolute atomic E-state index is 10.8. The summed E-state index contributed by atoms with van der Waals surface area (Å²) in [5, 5.41) is 3.71. The van der Waals surface area contributed by atoms with Crippen LogP contribution in [-0.4, -0.2) is 0 Å². The summed E-state index contributed by atoms with van der Waals surface area (Å²) in [6, 6.07) is 9.93. The van der Waals surface area contributed by atoms with Gasteiger partial charge in [0.2, 0.25) is 0 Å². The lowest BCUT2D eigenvalue weighted by Crippen LogP contribution is -2.13. The third-order valence-electron chi connectivity index (χ3n) is 2.88. The maximum atomic E-state index is 10.8. The minimum Gasteiger partial charge on any atom is -0.150 e. The Labute approximate surface area is 129 Å². The molecule has 1 heterocycles. The molecule has 0 amide bonds. The molecule has 108 valence electrons. The summed E-state index contributed by atoms with van der Waals surface area (Å²) < 4.78 is 0. The predicted molar refractivity (Wildman–Crippen MR) is 89.7 cm³/mol. The summed E-state index contributed by atoms with van der Waals surface area (Å²) in [5.74, 6) is 0. The molecule has 0 aliphatic carbocycles. The lowest BCUT2D eigenvalue weighted by Gasteiger charge is -2.17. The van der Waals surface area contributed by atoms with Crippen LogP contribution in [0.3, 0.4) is 0 Å². The third-order valence-corrected chi connectivity index (χ3v) is 4.24. The Balaban J connectivity index is 0.000000956. The molecule has 0 unspecified atom stereocenters. The zero-order valence-electron chi connectivity index (χ0n) is 12.5. The quantitative estimate of drug-likeness (QED) is 0.603. The molecule has 0 aliphatic rings. The summed E-state index contributed by atoms with van der Waals surface area (Å²) in [6.45, 7) is 9.59. The summed E-state index contributed by atoms with van der Waals surface area (Å²) in [5.41, 5.74) is 1.04. The third kappa shape index (κ3) is 3.68. The maximum Gasteiger partial charge on any atom is 0.123 e. The standard InChI is InChI=1S/C14H14ClNOS.C2H6/c1-9-4-7-13(18-9)10-5-6-11(12(15)8-10)14(2,3)16-17;1-2/h4-8H,1-3H3;1-2H3. The largest absolute Gasteiger partial charge is 0.150 e. The summed E-state index contributed by atoms with van der Waals surface area (Å²) in [7, 11) is 0. The number of thiophene rings is 1. The van der Waals surface area contributed by atoms with Crippen LogP contribution in [0.25, 0.3) is 10.4 Å². The van der Waals surface area contributed by atoms with Gasteiger partial charge in [-0.25, -0.2) is 0 Å². The minimum absolute atomic E-state index is 0.586. The topological polar surface area (TPSA) is 29.4 Å². The number of halogens is 1. The van der Waals surface area contributed by atoms with Crippen LogP contribution in [-0.2, 0) is 5.54 Å². The highest BCUT2D eigenvalue weighted by atomic mass is 35.5. The Hall–Kier alpha value is -1.19. The van der Waals surface area contributed by atoms with Gasteiger partial charge in [0.25, 0.3) is 0 Å². The van der Waals surface area contributed by atoms with E-state index in [1.54, 1.807) is 25.2 Å². The molecule has 0 bridgehead atoms. The van der Waals surface area contributed by atoms with Crippen molar-refractivity contribution >= 4 is 22.9 Å². The van der Waals surface area contributed by atoms with Crippen LogP contribution in [0.4, 0.5) is 0 Å². The second-order valence-electron chi connectivity index (χ2n) is 4.76. The smallest absolute Gasteiger partial charge is 0.123 e. The van der Waals surface area contributed by atoms with Gasteiger partial charge in [-0.3, -0.25) is 0 Å². The first-order valence-electron chi connectivity index (χ1n) is 6.65. The number of nitrogens with zero attached hydrogens (tertiary/aromatic N) is 1. The molecular formula is C16H20ClNOS. The van der Waals surface area contributed by atoms with Crippen molar-refractivity contribution in [2.24, 2.45) is 5.18 Å². The van der Waals surface area contributed by atoms with Gasteiger partial charge in [-0.1, -0.05) is 42.8 Å². The lowest BCUT2D eigenvalue weighted by molar-refractivity contribution is 0.553. The van der Waals surface area contributed by atoms with Crippen LogP contribution < -0.4 is 0 Å². The molecule has 0 atom stereocenters. The second kappa shape index (κ2) is 7.00. The van der Waals surface area contributed by atoms with E-state index < -0.39 is 5.54 Å². The van der Waals surface area contributed by atoms with Gasteiger partial charge in [0, 0.05) is 20.3 Å². The van der Waals surface area contributed by atoms with Gasteiger partial charge in [-0.15, -0.1) is 16.2 Å². The Morgan fingerprint density at radius 3 is 2.25 bits per heavy atom. The van der Waals surface area contributed by atoms with Crippen LogP contribution in [0, 0.1) is 11.8 Å². The molecule has 20 heavy (non-hydrogen) atoms. The fourth-order valence-electron chi connectivity index (χ4n) is 1.80. The molecule has 0 saturated carbocycles. The van der Waals surface area contributed by atoms with Gasteiger partial charge in [0.1, 0.15) is 5.54 Å². The van der Waals surface area contributed by atoms with E-state index in [1.165, 1.54) is 9.75 Å². The number of hydrogen-bond donors (Lipinski definition) is 0. The average molecular weight is 310 g/mol. The number of benzene rings is 1. The highest BCUT2D eigenvalue weighted by Gasteiger charge is 2.24. The lowest BCUT2D eigenvalue weighted by atomic mass is 9.94. The average Bonchev–Trinajstić information content (AvgIpc) is 2.87. The molecule has 0 saturated heterocycles. The normalized spacial score (nSPS) is 10.7. The highest BCUT2D eigenvalue weighted by molar-refractivity contribution is 7.15. The Kier molecular flexibility index (Phi) is 5.90. The van der Waals surface area contributed by atoms with Crippen molar-refractivity contribution in [2.75, 3.05) is 0 Å². The number of rotatable bonds is 3. The van der Waals surface area contributed by atoms with Crippen molar-refractivity contribution in [1.82, 2.24) is 0 Å². The van der Waals surface area contributed by atoms with Crippen molar-refractivity contribution in [2.45, 2.75) is 40.2 Å². The predicted octanol–water partition coefficient (Wildman–Crippen LogP) is 6.40. The molecule has 2 aromatic rings. The van der Waals surface area contributed by atoms with E-state index in [2.05, 4.69) is 24.2 Å².